The van der Waals surface area contributed by atoms with Gasteiger partial charge in [0, 0.05) is 6.54 Å². The zero-order valence-corrected chi connectivity index (χ0v) is 11.3. The number of carbonyl (C=O) groups is 2. The first-order chi connectivity index (χ1) is 9.61. The summed E-state index contributed by atoms with van der Waals surface area (Å²) in [7, 11) is 1.34. The Balaban J connectivity index is 2.04. The number of esters is 1. The van der Waals surface area contributed by atoms with Crippen molar-refractivity contribution in [3.8, 4) is 0 Å². The third kappa shape index (κ3) is 3.17. The van der Waals surface area contributed by atoms with E-state index in [1.165, 1.54) is 12.0 Å². The van der Waals surface area contributed by atoms with Crippen LogP contribution in [0.3, 0.4) is 0 Å². The van der Waals surface area contributed by atoms with Crippen LogP contribution < -0.4 is 0 Å². The molecule has 2 rings (SSSR count). The molecule has 1 heterocycles. The van der Waals surface area contributed by atoms with Gasteiger partial charge in [0.25, 0.3) is 0 Å². The molecule has 20 heavy (non-hydrogen) atoms. The lowest BCUT2D eigenvalue weighted by Crippen LogP contribution is -2.32. The molecule has 5 heteroatoms. The largest absolute Gasteiger partial charge is 0.465 e. The first kappa shape index (κ1) is 14.1. The number of nitrogens with zero attached hydrogens (tertiary/aromatic N) is 1. The molecule has 1 amide bonds. The highest BCUT2D eigenvalue weighted by Crippen LogP contribution is 2.19. The highest BCUT2D eigenvalue weighted by atomic mass is 16.5. The molecule has 106 valence electrons. The maximum absolute atomic E-state index is 11.3. The fraction of sp³-hybridized carbons (Fsp3) is 0.333. The second kappa shape index (κ2) is 6.23. The molecule has 0 radical (unpaired) electrons. The van der Waals surface area contributed by atoms with Gasteiger partial charge in [0.1, 0.15) is 0 Å². The third-order valence-corrected chi connectivity index (χ3v) is 3.39. The van der Waals surface area contributed by atoms with Gasteiger partial charge in [-0.3, -0.25) is 0 Å². The lowest BCUT2D eigenvalue weighted by molar-refractivity contribution is 0.0600. The van der Waals surface area contributed by atoms with Crippen LogP contribution in [0.4, 0.5) is 4.79 Å². The van der Waals surface area contributed by atoms with Crippen LogP contribution in [0, 0.1) is 0 Å². The Kier molecular flexibility index (Phi) is 4.40. The molecule has 0 spiro atoms. The summed E-state index contributed by atoms with van der Waals surface area (Å²) in [6.07, 6.45) is 4.64. The number of rotatable bonds is 3. The number of amides is 1. The minimum atomic E-state index is -0.877. The topological polar surface area (TPSA) is 66.8 Å². The highest BCUT2D eigenvalue weighted by Gasteiger charge is 2.25. The van der Waals surface area contributed by atoms with Gasteiger partial charge in [-0.2, -0.15) is 0 Å². The minimum Gasteiger partial charge on any atom is -0.465 e. The maximum atomic E-state index is 11.3. The fourth-order valence-electron chi connectivity index (χ4n) is 2.30. The van der Waals surface area contributed by atoms with Crippen LogP contribution in [0.25, 0.3) is 6.08 Å². The summed E-state index contributed by atoms with van der Waals surface area (Å²) in [4.78, 5) is 23.8. The number of hydrogen-bond acceptors (Lipinski definition) is 3. The Morgan fingerprint density at radius 3 is 2.65 bits per heavy atom. The Morgan fingerprint density at radius 1 is 1.35 bits per heavy atom. The van der Waals surface area contributed by atoms with E-state index in [0.717, 1.165) is 18.4 Å². The van der Waals surface area contributed by atoms with Crippen LogP contribution >= 0.6 is 0 Å². The van der Waals surface area contributed by atoms with Gasteiger partial charge in [-0.05, 0) is 30.5 Å². The van der Waals surface area contributed by atoms with Crippen molar-refractivity contribution in [1.82, 2.24) is 4.90 Å². The van der Waals surface area contributed by atoms with E-state index in [0.29, 0.717) is 12.1 Å². The monoisotopic (exact) mass is 275 g/mol. The number of ether oxygens (including phenoxy) is 1. The van der Waals surface area contributed by atoms with Crippen LogP contribution in [-0.2, 0) is 4.74 Å². The predicted molar refractivity (Wildman–Crippen MR) is 74.6 cm³/mol. The van der Waals surface area contributed by atoms with Crippen molar-refractivity contribution in [2.75, 3.05) is 13.7 Å². The third-order valence-electron chi connectivity index (χ3n) is 3.39. The lowest BCUT2D eigenvalue weighted by Gasteiger charge is -2.17. The van der Waals surface area contributed by atoms with Crippen molar-refractivity contribution in [3.63, 3.8) is 0 Å². The summed E-state index contributed by atoms with van der Waals surface area (Å²) in [6, 6.07) is 6.93. The Labute approximate surface area is 117 Å². The molecule has 1 fully saturated rings. The molecule has 0 bridgehead atoms. The molecular formula is C15H17NO4. The van der Waals surface area contributed by atoms with E-state index in [1.54, 1.807) is 12.1 Å². The van der Waals surface area contributed by atoms with Crippen molar-refractivity contribution < 1.29 is 19.4 Å². The summed E-state index contributed by atoms with van der Waals surface area (Å²) in [5.74, 6) is -0.367. The first-order valence-electron chi connectivity index (χ1n) is 6.48. The molecule has 1 aromatic rings. The molecular weight excluding hydrogens is 258 g/mol. The maximum Gasteiger partial charge on any atom is 0.407 e. The van der Waals surface area contributed by atoms with Crippen molar-refractivity contribution in [3.05, 3.63) is 41.5 Å². The summed E-state index contributed by atoms with van der Waals surface area (Å²) in [5.41, 5.74) is 1.42. The molecule has 1 atom stereocenters. The minimum absolute atomic E-state index is 0.0622. The molecule has 1 aliphatic rings. The molecule has 1 aliphatic heterocycles. The van der Waals surface area contributed by atoms with E-state index < -0.39 is 6.09 Å². The quantitative estimate of drug-likeness (QED) is 0.861. The van der Waals surface area contributed by atoms with Crippen LogP contribution in [-0.4, -0.2) is 41.8 Å². The van der Waals surface area contributed by atoms with Crippen LogP contribution in [0.5, 0.6) is 0 Å². The fourth-order valence-corrected chi connectivity index (χ4v) is 2.30. The molecule has 5 nitrogen and oxygen atoms in total. The Hall–Kier alpha value is -2.30. The van der Waals surface area contributed by atoms with Gasteiger partial charge >= 0.3 is 12.1 Å². The number of methoxy groups -OCH3 is 1. The van der Waals surface area contributed by atoms with Crippen molar-refractivity contribution in [1.29, 1.82) is 0 Å². The van der Waals surface area contributed by atoms with Crippen molar-refractivity contribution in [2.45, 2.75) is 18.9 Å². The first-order valence-corrected chi connectivity index (χ1v) is 6.48. The number of carbonyl (C=O) groups excluding carboxylic acids is 1. The molecule has 1 N–H and O–H groups in total. The summed E-state index contributed by atoms with van der Waals surface area (Å²) >= 11 is 0. The average molecular weight is 275 g/mol. The van der Waals surface area contributed by atoms with E-state index in [1.807, 2.05) is 24.3 Å². The standard InChI is InChI=1S/C15H17NO4/c1-20-14(17)12-7-4-11(5-8-12)6-9-13-3-2-10-16(13)15(18)19/h4-9,13H,2-3,10H2,1H3,(H,18,19). The second-order valence-corrected chi connectivity index (χ2v) is 4.66. The highest BCUT2D eigenvalue weighted by molar-refractivity contribution is 5.89. The Morgan fingerprint density at radius 2 is 2.05 bits per heavy atom. The van der Waals surface area contributed by atoms with Gasteiger partial charge in [-0.25, -0.2) is 9.59 Å². The van der Waals surface area contributed by atoms with Gasteiger partial charge in [0.15, 0.2) is 0 Å². The summed E-state index contributed by atoms with van der Waals surface area (Å²) in [6.45, 7) is 0.589. The Bertz CT molecular complexity index is 521. The van der Waals surface area contributed by atoms with E-state index in [4.69, 9.17) is 5.11 Å². The molecule has 1 aromatic carbocycles. The average Bonchev–Trinajstić information content (AvgIpc) is 2.93. The number of benzene rings is 1. The molecule has 0 saturated carbocycles. The smallest absolute Gasteiger partial charge is 0.407 e. The van der Waals surface area contributed by atoms with Crippen LogP contribution in [0.15, 0.2) is 30.3 Å². The second-order valence-electron chi connectivity index (χ2n) is 4.66. The van der Waals surface area contributed by atoms with Crippen LogP contribution in [0.2, 0.25) is 0 Å². The molecule has 0 aromatic heterocycles. The van der Waals surface area contributed by atoms with Gasteiger partial charge in [-0.15, -0.1) is 0 Å². The SMILES string of the molecule is COC(=O)c1ccc(C=CC2CCCN2C(=O)O)cc1. The number of carboxylic acid groups (broad SMARTS) is 1. The van der Waals surface area contributed by atoms with Crippen LogP contribution in [0.1, 0.15) is 28.8 Å². The molecule has 1 saturated heterocycles. The van der Waals surface area contributed by atoms with Gasteiger partial charge < -0.3 is 14.7 Å². The molecule has 0 aliphatic carbocycles. The summed E-state index contributed by atoms with van der Waals surface area (Å²) in [5, 5.41) is 9.05. The van der Waals surface area contributed by atoms with E-state index in [-0.39, 0.29) is 12.0 Å². The lowest BCUT2D eigenvalue weighted by atomic mass is 10.1. The number of likely N-dealkylation sites (tertiary alicyclic amines) is 1. The summed E-state index contributed by atoms with van der Waals surface area (Å²) < 4.78 is 4.63. The van der Waals surface area contributed by atoms with Gasteiger partial charge in [-0.1, -0.05) is 24.3 Å². The van der Waals surface area contributed by atoms with Gasteiger partial charge in [0.2, 0.25) is 0 Å². The number of hydrogen-bond donors (Lipinski definition) is 1. The zero-order valence-electron chi connectivity index (χ0n) is 11.3. The normalized spacial score (nSPS) is 18.4. The molecule has 1 unspecified atom stereocenters. The predicted octanol–water partition coefficient (Wildman–Crippen LogP) is 2.63. The van der Waals surface area contributed by atoms with E-state index >= 15 is 0 Å². The zero-order chi connectivity index (χ0) is 14.5. The van der Waals surface area contributed by atoms with E-state index in [2.05, 4.69) is 4.74 Å². The van der Waals surface area contributed by atoms with Crippen molar-refractivity contribution >= 4 is 18.1 Å². The van der Waals surface area contributed by atoms with Crippen molar-refractivity contribution in [2.24, 2.45) is 0 Å². The van der Waals surface area contributed by atoms with Gasteiger partial charge in [0.05, 0.1) is 18.7 Å². The van der Waals surface area contributed by atoms with E-state index in [9.17, 15) is 9.59 Å².